The van der Waals surface area contributed by atoms with Crippen LogP contribution in [0.25, 0.3) is 0 Å². The van der Waals surface area contributed by atoms with Crippen LogP contribution in [0.2, 0.25) is 0 Å². The largest absolute Gasteiger partial charge is 0.384 e. The van der Waals surface area contributed by atoms with Crippen LogP contribution in [0.4, 0.5) is 5.69 Å². The molecule has 1 saturated heterocycles. The van der Waals surface area contributed by atoms with Gasteiger partial charge >= 0.3 is 0 Å². The molecule has 0 bridgehead atoms. The summed E-state index contributed by atoms with van der Waals surface area (Å²) in [6, 6.07) is 7.48. The number of piperidine rings is 1. The molecule has 1 aromatic rings. The van der Waals surface area contributed by atoms with E-state index in [2.05, 4.69) is 10.0 Å². The standard InChI is InChI=1S/C17H27N3O4S/c1-14-4-3-5-16(12-14)19-17(21)6-9-18-25(22,23)20-10-7-15(8-11-20)13-24-2/h3-5,12,15,18H,6-11,13H2,1-2H3,(H,19,21). The summed E-state index contributed by atoms with van der Waals surface area (Å²) in [4.78, 5) is 11.9. The summed E-state index contributed by atoms with van der Waals surface area (Å²) in [7, 11) is -1.88. The number of aryl methyl sites for hydroxylation is 1. The highest BCUT2D eigenvalue weighted by Gasteiger charge is 2.27. The van der Waals surface area contributed by atoms with Crippen LogP contribution >= 0.6 is 0 Å². The van der Waals surface area contributed by atoms with Crippen molar-refractivity contribution >= 4 is 21.8 Å². The molecule has 0 atom stereocenters. The second-order valence-corrected chi connectivity index (χ2v) is 8.12. The Kier molecular flexibility index (Phi) is 7.37. The monoisotopic (exact) mass is 369 g/mol. The fraction of sp³-hybridized carbons (Fsp3) is 0.588. The van der Waals surface area contributed by atoms with E-state index in [0.29, 0.717) is 31.3 Å². The van der Waals surface area contributed by atoms with Crippen LogP contribution in [0.5, 0.6) is 0 Å². The van der Waals surface area contributed by atoms with Gasteiger partial charge in [-0.25, -0.2) is 4.72 Å². The number of carbonyl (C=O) groups is 1. The number of methoxy groups -OCH3 is 1. The Morgan fingerprint density at radius 3 is 2.68 bits per heavy atom. The van der Waals surface area contributed by atoms with Gasteiger partial charge in [0, 0.05) is 45.5 Å². The van der Waals surface area contributed by atoms with Crippen molar-refractivity contribution in [2.45, 2.75) is 26.2 Å². The lowest BCUT2D eigenvalue weighted by atomic mass is 9.99. The van der Waals surface area contributed by atoms with E-state index in [4.69, 9.17) is 4.74 Å². The molecule has 1 heterocycles. The predicted molar refractivity (Wildman–Crippen MR) is 97.5 cm³/mol. The molecular weight excluding hydrogens is 342 g/mol. The first-order chi connectivity index (χ1) is 11.9. The van der Waals surface area contributed by atoms with Crippen molar-refractivity contribution in [2.24, 2.45) is 5.92 Å². The molecule has 0 aliphatic carbocycles. The zero-order chi connectivity index (χ0) is 18.3. The van der Waals surface area contributed by atoms with Gasteiger partial charge in [0.2, 0.25) is 5.91 Å². The molecule has 0 spiro atoms. The van der Waals surface area contributed by atoms with Crippen molar-refractivity contribution in [3.63, 3.8) is 0 Å². The van der Waals surface area contributed by atoms with Crippen molar-refractivity contribution in [1.82, 2.24) is 9.03 Å². The molecule has 25 heavy (non-hydrogen) atoms. The van der Waals surface area contributed by atoms with E-state index in [1.807, 2.05) is 25.1 Å². The third-order valence-electron chi connectivity index (χ3n) is 4.25. The maximum Gasteiger partial charge on any atom is 0.279 e. The Hall–Kier alpha value is -1.48. The maximum absolute atomic E-state index is 12.3. The highest BCUT2D eigenvalue weighted by molar-refractivity contribution is 7.87. The molecule has 7 nitrogen and oxygen atoms in total. The first kappa shape index (κ1) is 19.8. The lowest BCUT2D eigenvalue weighted by molar-refractivity contribution is -0.116. The number of carbonyl (C=O) groups excluding carboxylic acids is 1. The summed E-state index contributed by atoms with van der Waals surface area (Å²) >= 11 is 0. The van der Waals surface area contributed by atoms with Crippen LogP contribution in [-0.4, -0.2) is 52.0 Å². The van der Waals surface area contributed by atoms with Crippen LogP contribution < -0.4 is 10.0 Å². The van der Waals surface area contributed by atoms with E-state index in [-0.39, 0.29) is 18.9 Å². The number of rotatable bonds is 8. The summed E-state index contributed by atoms with van der Waals surface area (Å²) in [5.74, 6) is 0.198. The SMILES string of the molecule is COCC1CCN(S(=O)(=O)NCCC(=O)Nc2cccc(C)c2)CC1. The van der Waals surface area contributed by atoms with Crippen LogP contribution in [-0.2, 0) is 19.7 Å². The molecule has 1 aliphatic rings. The Labute approximate surface area is 149 Å². The number of hydrogen-bond acceptors (Lipinski definition) is 4. The number of nitrogens with one attached hydrogen (secondary N) is 2. The van der Waals surface area contributed by atoms with Crippen molar-refractivity contribution in [3.8, 4) is 0 Å². The van der Waals surface area contributed by atoms with Crippen molar-refractivity contribution in [3.05, 3.63) is 29.8 Å². The Morgan fingerprint density at radius 2 is 2.04 bits per heavy atom. The number of amides is 1. The topological polar surface area (TPSA) is 87.7 Å². The summed E-state index contributed by atoms with van der Waals surface area (Å²) in [6.07, 6.45) is 1.68. The maximum atomic E-state index is 12.3. The van der Waals surface area contributed by atoms with Crippen molar-refractivity contribution in [1.29, 1.82) is 0 Å². The molecule has 1 aliphatic heterocycles. The molecule has 0 unspecified atom stereocenters. The van der Waals surface area contributed by atoms with Gasteiger partial charge in [-0.05, 0) is 43.4 Å². The normalized spacial score (nSPS) is 16.7. The number of anilines is 1. The Morgan fingerprint density at radius 1 is 1.32 bits per heavy atom. The first-order valence-electron chi connectivity index (χ1n) is 8.51. The van der Waals surface area contributed by atoms with E-state index in [0.717, 1.165) is 18.4 Å². The first-order valence-corrected chi connectivity index (χ1v) is 9.95. The summed E-state index contributed by atoms with van der Waals surface area (Å²) < 4.78 is 33.6. The zero-order valence-corrected chi connectivity index (χ0v) is 15.6. The van der Waals surface area contributed by atoms with E-state index < -0.39 is 10.2 Å². The van der Waals surface area contributed by atoms with Gasteiger partial charge in [0.15, 0.2) is 0 Å². The van der Waals surface area contributed by atoms with Gasteiger partial charge in [-0.2, -0.15) is 12.7 Å². The van der Waals surface area contributed by atoms with Gasteiger partial charge in [-0.15, -0.1) is 0 Å². The predicted octanol–water partition coefficient (Wildman–Crippen LogP) is 1.52. The summed E-state index contributed by atoms with van der Waals surface area (Å²) in [5, 5.41) is 2.77. The van der Waals surface area contributed by atoms with Crippen LogP contribution in [0, 0.1) is 12.8 Å². The molecular formula is C17H27N3O4S. The van der Waals surface area contributed by atoms with Gasteiger partial charge in [0.25, 0.3) is 10.2 Å². The van der Waals surface area contributed by atoms with Gasteiger partial charge in [0.1, 0.15) is 0 Å². The molecule has 0 aromatic heterocycles. The fourth-order valence-electron chi connectivity index (χ4n) is 2.88. The van der Waals surface area contributed by atoms with Crippen LogP contribution in [0.3, 0.4) is 0 Å². The van der Waals surface area contributed by atoms with Crippen molar-refractivity contribution < 1.29 is 17.9 Å². The molecule has 140 valence electrons. The van der Waals surface area contributed by atoms with E-state index in [1.165, 1.54) is 4.31 Å². The molecule has 2 rings (SSSR count). The number of hydrogen-bond donors (Lipinski definition) is 2. The second-order valence-electron chi connectivity index (χ2n) is 6.36. The minimum absolute atomic E-state index is 0.0813. The average molecular weight is 369 g/mol. The molecule has 8 heteroatoms. The van der Waals surface area contributed by atoms with Gasteiger partial charge in [-0.3, -0.25) is 4.79 Å². The lowest BCUT2D eigenvalue weighted by Gasteiger charge is -2.30. The molecule has 1 fully saturated rings. The van der Waals surface area contributed by atoms with E-state index >= 15 is 0 Å². The van der Waals surface area contributed by atoms with Gasteiger partial charge < -0.3 is 10.1 Å². The smallest absolute Gasteiger partial charge is 0.279 e. The highest BCUT2D eigenvalue weighted by atomic mass is 32.2. The third kappa shape index (κ3) is 6.39. The molecule has 1 aromatic carbocycles. The van der Waals surface area contributed by atoms with Crippen molar-refractivity contribution in [2.75, 3.05) is 38.7 Å². The Balaban J connectivity index is 1.74. The zero-order valence-electron chi connectivity index (χ0n) is 14.8. The van der Waals surface area contributed by atoms with Crippen LogP contribution in [0.15, 0.2) is 24.3 Å². The molecule has 0 saturated carbocycles. The molecule has 1 amide bonds. The van der Waals surface area contributed by atoms with E-state index in [9.17, 15) is 13.2 Å². The quantitative estimate of drug-likeness (QED) is 0.727. The number of nitrogens with zero attached hydrogens (tertiary/aromatic N) is 1. The van der Waals surface area contributed by atoms with E-state index in [1.54, 1.807) is 13.2 Å². The lowest BCUT2D eigenvalue weighted by Crippen LogP contribution is -2.46. The summed E-state index contributed by atoms with van der Waals surface area (Å²) in [5.41, 5.74) is 1.77. The second kappa shape index (κ2) is 9.28. The van der Waals surface area contributed by atoms with Gasteiger partial charge in [-0.1, -0.05) is 12.1 Å². The number of ether oxygens (including phenoxy) is 1. The van der Waals surface area contributed by atoms with Crippen LogP contribution in [0.1, 0.15) is 24.8 Å². The minimum Gasteiger partial charge on any atom is -0.384 e. The summed E-state index contributed by atoms with van der Waals surface area (Å²) in [6.45, 7) is 3.66. The Bertz CT molecular complexity index is 670. The highest BCUT2D eigenvalue weighted by Crippen LogP contribution is 2.19. The third-order valence-corrected chi connectivity index (χ3v) is 5.87. The minimum atomic E-state index is -3.53. The number of benzene rings is 1. The molecule has 2 N–H and O–H groups in total. The average Bonchev–Trinajstić information content (AvgIpc) is 2.55. The van der Waals surface area contributed by atoms with Gasteiger partial charge in [0.05, 0.1) is 0 Å². The fourth-order valence-corrected chi connectivity index (χ4v) is 4.12. The molecule has 0 radical (unpaired) electrons.